The van der Waals surface area contributed by atoms with Crippen LogP contribution in [0.1, 0.15) is 29.3 Å². The molecule has 1 aliphatic rings. The first-order valence-corrected chi connectivity index (χ1v) is 14.0. The second kappa shape index (κ2) is 13.5. The number of halogens is 4. The van der Waals surface area contributed by atoms with Crippen molar-refractivity contribution in [3.05, 3.63) is 47.8 Å². The number of alkyl halides is 4. The first-order chi connectivity index (χ1) is 19.9. The number of aromatic nitrogens is 2. The molecule has 0 radical (unpaired) electrons. The van der Waals surface area contributed by atoms with Crippen molar-refractivity contribution in [1.82, 2.24) is 19.6 Å². The zero-order chi connectivity index (χ0) is 30.4. The van der Waals surface area contributed by atoms with E-state index in [0.717, 1.165) is 0 Å². The molecular weight excluding hydrogens is 576 g/mol. The Morgan fingerprint density at radius 3 is 2.81 bits per heavy atom. The van der Waals surface area contributed by atoms with E-state index in [-0.39, 0.29) is 53.7 Å². The lowest BCUT2D eigenvalue weighted by atomic mass is 10.0. The van der Waals surface area contributed by atoms with Crippen LogP contribution in [-0.2, 0) is 0 Å². The number of nitrogens with zero attached hydrogens (tertiary/aromatic N) is 3. The molecule has 0 aliphatic carbocycles. The highest BCUT2D eigenvalue weighted by atomic mass is 32.2. The Hall–Kier alpha value is -3.67. The summed E-state index contributed by atoms with van der Waals surface area (Å²) in [5.74, 6) is 5.98. The molecule has 0 bridgehead atoms. The minimum atomic E-state index is -4.57. The fraction of sp³-hybridized carbons (Fsp3) is 0.429. The van der Waals surface area contributed by atoms with Crippen molar-refractivity contribution >= 4 is 34.7 Å². The number of rotatable bonds is 9. The van der Waals surface area contributed by atoms with Gasteiger partial charge in [0.15, 0.2) is 5.82 Å². The number of nitrogens with one attached hydrogen (secondary N) is 3. The van der Waals surface area contributed by atoms with E-state index in [4.69, 9.17) is 4.74 Å². The molecule has 3 heterocycles. The van der Waals surface area contributed by atoms with Gasteiger partial charge in [-0.1, -0.05) is 11.8 Å². The van der Waals surface area contributed by atoms with Crippen molar-refractivity contribution in [2.75, 3.05) is 51.0 Å². The highest BCUT2D eigenvalue weighted by Gasteiger charge is 2.33. The monoisotopic (exact) mass is 608 g/mol. The van der Waals surface area contributed by atoms with Gasteiger partial charge in [-0.25, -0.2) is 9.37 Å². The van der Waals surface area contributed by atoms with Gasteiger partial charge >= 0.3 is 5.51 Å². The van der Waals surface area contributed by atoms with Gasteiger partial charge in [0, 0.05) is 49.4 Å². The lowest BCUT2D eigenvalue weighted by Gasteiger charge is -2.33. The summed E-state index contributed by atoms with van der Waals surface area (Å²) < 4.78 is 61.9. The maximum Gasteiger partial charge on any atom is 0.447 e. The summed E-state index contributed by atoms with van der Waals surface area (Å²) >= 11 is -0.287. The van der Waals surface area contributed by atoms with Crippen molar-refractivity contribution in [3.63, 3.8) is 0 Å². The van der Waals surface area contributed by atoms with E-state index in [2.05, 4.69) is 32.8 Å². The molecular formula is C28H32F4N6O3S. The predicted molar refractivity (Wildman–Crippen MR) is 154 cm³/mol. The molecule has 14 heteroatoms. The molecule has 3 atom stereocenters. The van der Waals surface area contributed by atoms with Crippen molar-refractivity contribution < 1.29 is 32.2 Å². The van der Waals surface area contributed by atoms with Crippen LogP contribution < -0.4 is 20.7 Å². The number of aliphatic hydroxyl groups excluding tert-OH is 1. The van der Waals surface area contributed by atoms with Crippen LogP contribution in [0.5, 0.6) is 5.75 Å². The SMILES string of the molecule is COc1ccc(C(=O)NC[C@@H](C)O)cc1NCC#Cc1cc2c(N[C@@H]3CCN(C)C[C@@H]3F)nccn2c1SC(F)(F)F. The minimum absolute atomic E-state index is 0.0277. The largest absolute Gasteiger partial charge is 0.495 e. The van der Waals surface area contributed by atoms with Gasteiger partial charge < -0.3 is 35.1 Å². The third-order valence-electron chi connectivity index (χ3n) is 6.54. The van der Waals surface area contributed by atoms with Gasteiger partial charge in [0.05, 0.1) is 42.6 Å². The Balaban J connectivity index is 1.57. The Kier molecular flexibility index (Phi) is 10.1. The van der Waals surface area contributed by atoms with Crippen LogP contribution in [0.3, 0.4) is 0 Å². The summed E-state index contributed by atoms with van der Waals surface area (Å²) in [6.45, 7) is 2.60. The van der Waals surface area contributed by atoms with Crippen LogP contribution >= 0.6 is 11.8 Å². The number of hydrogen-bond donors (Lipinski definition) is 4. The molecule has 1 aromatic carbocycles. The number of piperidine rings is 1. The lowest BCUT2D eigenvalue weighted by Crippen LogP contribution is -2.46. The number of ether oxygens (including phenoxy) is 1. The summed E-state index contributed by atoms with van der Waals surface area (Å²) in [5, 5.41) is 18.0. The maximum absolute atomic E-state index is 14.7. The molecule has 4 N–H and O–H groups in total. The molecule has 42 heavy (non-hydrogen) atoms. The van der Waals surface area contributed by atoms with E-state index in [0.29, 0.717) is 35.5 Å². The summed E-state index contributed by atoms with van der Waals surface area (Å²) in [6.07, 6.45) is 1.45. The van der Waals surface area contributed by atoms with E-state index in [1.807, 2.05) is 11.9 Å². The standard InChI is InChI=1S/C28H32F4N6O3S/c1-17(39)15-35-26(40)18-6-7-24(41-3)22(13-18)33-9-4-5-19-14-23-25(36-21-8-11-37(2)16-20(21)29)34-10-12-38(23)27(19)42-28(30,31)32/h6-7,10,12-14,17,20-21,33,39H,8-9,11,15-16H2,1-3H3,(H,34,36)(H,35,40)/t17-,20+,21-/m1/s1. The Morgan fingerprint density at radius 2 is 2.12 bits per heavy atom. The number of amides is 1. The van der Waals surface area contributed by atoms with Gasteiger partial charge in [-0.3, -0.25) is 4.79 Å². The highest BCUT2D eigenvalue weighted by molar-refractivity contribution is 8.00. The zero-order valence-corrected chi connectivity index (χ0v) is 24.1. The lowest BCUT2D eigenvalue weighted by molar-refractivity contribution is -0.0329. The van der Waals surface area contributed by atoms with Gasteiger partial charge in [-0.05, 0) is 44.7 Å². The fourth-order valence-electron chi connectivity index (χ4n) is 4.50. The average Bonchev–Trinajstić information content (AvgIpc) is 3.27. The number of fused-ring (bicyclic) bond motifs is 1. The van der Waals surface area contributed by atoms with E-state index < -0.39 is 23.8 Å². The Bertz CT molecular complexity index is 1470. The maximum atomic E-state index is 14.7. The third-order valence-corrected chi connectivity index (χ3v) is 7.38. The number of carbonyl (C=O) groups is 1. The number of anilines is 2. The summed E-state index contributed by atoms with van der Waals surface area (Å²) in [6, 6.07) is 5.70. The Morgan fingerprint density at radius 1 is 1.33 bits per heavy atom. The normalized spacial score (nSPS) is 18.2. The Labute approximate surface area is 245 Å². The molecule has 226 valence electrons. The number of benzene rings is 1. The zero-order valence-electron chi connectivity index (χ0n) is 23.3. The second-order valence-electron chi connectivity index (χ2n) is 9.89. The van der Waals surface area contributed by atoms with Gasteiger partial charge in [0.2, 0.25) is 0 Å². The molecule has 9 nitrogen and oxygen atoms in total. The summed E-state index contributed by atoms with van der Waals surface area (Å²) in [5.41, 5.74) is -3.31. The average molecular weight is 609 g/mol. The fourth-order valence-corrected chi connectivity index (χ4v) is 5.19. The van der Waals surface area contributed by atoms with Gasteiger partial charge in [-0.15, -0.1) is 0 Å². The van der Waals surface area contributed by atoms with E-state index >= 15 is 0 Å². The molecule has 1 amide bonds. The van der Waals surface area contributed by atoms with Crippen LogP contribution in [0.25, 0.3) is 5.52 Å². The van der Waals surface area contributed by atoms with Crippen molar-refractivity contribution in [2.45, 2.75) is 42.2 Å². The number of hydrogen-bond acceptors (Lipinski definition) is 8. The van der Waals surface area contributed by atoms with E-state index in [9.17, 15) is 27.5 Å². The summed E-state index contributed by atoms with van der Waals surface area (Å²) in [7, 11) is 3.29. The molecule has 1 fully saturated rings. The number of aliphatic hydroxyl groups is 1. The molecule has 4 rings (SSSR count). The van der Waals surface area contributed by atoms with Crippen LogP contribution in [-0.4, -0.2) is 89.5 Å². The van der Waals surface area contributed by atoms with Gasteiger partial charge in [-0.2, -0.15) is 13.2 Å². The number of methoxy groups -OCH3 is 1. The van der Waals surface area contributed by atoms with E-state index in [1.54, 1.807) is 25.1 Å². The van der Waals surface area contributed by atoms with Crippen LogP contribution in [0.2, 0.25) is 0 Å². The molecule has 0 saturated carbocycles. The minimum Gasteiger partial charge on any atom is -0.495 e. The molecule has 3 aromatic rings. The van der Waals surface area contributed by atoms with Crippen LogP contribution in [0.15, 0.2) is 41.7 Å². The van der Waals surface area contributed by atoms with Crippen LogP contribution in [0.4, 0.5) is 29.1 Å². The highest BCUT2D eigenvalue weighted by Crippen LogP contribution is 2.40. The number of thioether (sulfide) groups is 1. The number of likely N-dealkylation sites (tertiary alicyclic amines) is 1. The smallest absolute Gasteiger partial charge is 0.447 e. The molecule has 1 aliphatic heterocycles. The number of carbonyl (C=O) groups excluding carboxylic acids is 1. The van der Waals surface area contributed by atoms with Gasteiger partial charge in [0.1, 0.15) is 16.9 Å². The third kappa shape index (κ3) is 7.99. The molecule has 0 unspecified atom stereocenters. The first kappa shape index (κ1) is 31.3. The summed E-state index contributed by atoms with van der Waals surface area (Å²) in [4.78, 5) is 18.6. The molecule has 1 saturated heterocycles. The second-order valence-corrected chi connectivity index (χ2v) is 10.9. The molecule has 2 aromatic heterocycles. The van der Waals surface area contributed by atoms with Crippen molar-refractivity contribution in [3.8, 4) is 17.6 Å². The van der Waals surface area contributed by atoms with Crippen LogP contribution in [0, 0.1) is 11.8 Å². The van der Waals surface area contributed by atoms with Crippen molar-refractivity contribution in [2.24, 2.45) is 0 Å². The quantitative estimate of drug-likeness (QED) is 0.164. The van der Waals surface area contributed by atoms with Gasteiger partial charge in [0.25, 0.3) is 5.91 Å². The van der Waals surface area contributed by atoms with E-state index in [1.165, 1.54) is 30.0 Å². The predicted octanol–water partition coefficient (Wildman–Crippen LogP) is 3.98. The van der Waals surface area contributed by atoms with Crippen molar-refractivity contribution in [1.29, 1.82) is 0 Å². The molecule has 0 spiro atoms. The first-order valence-electron chi connectivity index (χ1n) is 13.2. The topological polar surface area (TPSA) is 103 Å².